The molecule has 1 rings (SSSR count). The van der Waals surface area contributed by atoms with Crippen LogP contribution in [0, 0.1) is 18.3 Å². The molecular weight excluding hydrogens is 224 g/mol. The van der Waals surface area contributed by atoms with Gasteiger partial charge in [0, 0.05) is 25.7 Å². The number of nitriles is 1. The summed E-state index contributed by atoms with van der Waals surface area (Å²) in [6.07, 6.45) is 0.799. The summed E-state index contributed by atoms with van der Waals surface area (Å²) in [6, 6.07) is 8.44. The van der Waals surface area contributed by atoms with E-state index in [2.05, 4.69) is 24.8 Å². The first-order valence-corrected chi connectivity index (χ1v) is 6.43. The van der Waals surface area contributed by atoms with Crippen LogP contribution in [-0.4, -0.2) is 29.2 Å². The fourth-order valence-electron chi connectivity index (χ4n) is 1.96. The first-order chi connectivity index (χ1) is 8.58. The Bertz CT molecular complexity index is 421. The van der Waals surface area contributed by atoms with Crippen LogP contribution in [0.2, 0.25) is 0 Å². The first kappa shape index (κ1) is 14.7. The number of aryl methyl sites for hydroxylation is 1. The lowest BCUT2D eigenvalue weighted by molar-refractivity contribution is 0.184. The molecule has 0 bridgehead atoms. The van der Waals surface area contributed by atoms with E-state index in [1.165, 1.54) is 5.56 Å². The molecule has 0 radical (unpaired) electrons. The van der Waals surface area contributed by atoms with Gasteiger partial charge in [-0.2, -0.15) is 5.26 Å². The van der Waals surface area contributed by atoms with Crippen LogP contribution in [-0.2, 0) is 6.54 Å². The van der Waals surface area contributed by atoms with Gasteiger partial charge in [0.2, 0.25) is 0 Å². The van der Waals surface area contributed by atoms with Crippen LogP contribution < -0.4 is 0 Å². The van der Waals surface area contributed by atoms with Gasteiger partial charge < -0.3 is 5.11 Å². The maximum Gasteiger partial charge on any atom is 0.0991 e. The van der Waals surface area contributed by atoms with E-state index in [0.717, 1.165) is 25.1 Å². The van der Waals surface area contributed by atoms with Crippen molar-refractivity contribution in [2.75, 3.05) is 13.2 Å². The molecule has 98 valence electrons. The Morgan fingerprint density at radius 2 is 2.11 bits per heavy atom. The molecule has 0 saturated carbocycles. The highest BCUT2D eigenvalue weighted by molar-refractivity contribution is 5.37. The van der Waals surface area contributed by atoms with Crippen molar-refractivity contribution in [3.63, 3.8) is 0 Å². The molecule has 3 heteroatoms. The van der Waals surface area contributed by atoms with E-state index in [-0.39, 0.29) is 6.61 Å². The minimum Gasteiger partial charge on any atom is -0.396 e. The van der Waals surface area contributed by atoms with Gasteiger partial charge in [-0.05, 0) is 50.5 Å². The lowest BCUT2D eigenvalue weighted by Crippen LogP contribution is -2.32. The third kappa shape index (κ3) is 4.14. The molecule has 18 heavy (non-hydrogen) atoms. The maximum absolute atomic E-state index is 8.92. The van der Waals surface area contributed by atoms with E-state index >= 15 is 0 Å². The number of rotatable bonds is 6. The van der Waals surface area contributed by atoms with Crippen molar-refractivity contribution in [3.8, 4) is 6.07 Å². The third-order valence-corrected chi connectivity index (χ3v) is 3.18. The van der Waals surface area contributed by atoms with Crippen LogP contribution >= 0.6 is 0 Å². The minimum absolute atomic E-state index is 0.232. The number of aliphatic hydroxyl groups excluding tert-OH is 1. The van der Waals surface area contributed by atoms with Gasteiger partial charge in [-0.25, -0.2) is 0 Å². The molecule has 1 N–H and O–H groups in total. The van der Waals surface area contributed by atoms with Gasteiger partial charge in [0.05, 0.1) is 11.6 Å². The summed E-state index contributed by atoms with van der Waals surface area (Å²) < 4.78 is 0. The molecule has 0 aromatic heterocycles. The third-order valence-electron chi connectivity index (χ3n) is 3.18. The van der Waals surface area contributed by atoms with E-state index in [9.17, 15) is 0 Å². The predicted molar refractivity (Wildman–Crippen MR) is 73.1 cm³/mol. The number of aliphatic hydroxyl groups is 1. The van der Waals surface area contributed by atoms with Crippen LogP contribution in [0.3, 0.4) is 0 Å². The Morgan fingerprint density at radius 3 is 2.61 bits per heavy atom. The molecule has 3 nitrogen and oxygen atoms in total. The van der Waals surface area contributed by atoms with Crippen molar-refractivity contribution in [1.82, 2.24) is 4.90 Å². The van der Waals surface area contributed by atoms with Crippen molar-refractivity contribution in [3.05, 3.63) is 34.9 Å². The highest BCUT2D eigenvalue weighted by Gasteiger charge is 2.11. The molecule has 0 heterocycles. The average molecular weight is 246 g/mol. The van der Waals surface area contributed by atoms with Crippen molar-refractivity contribution in [1.29, 1.82) is 5.26 Å². The van der Waals surface area contributed by atoms with Crippen LogP contribution in [0.5, 0.6) is 0 Å². The van der Waals surface area contributed by atoms with Gasteiger partial charge in [-0.15, -0.1) is 0 Å². The summed E-state index contributed by atoms with van der Waals surface area (Å²) in [5.41, 5.74) is 3.12. The normalized spacial score (nSPS) is 10.9. The topological polar surface area (TPSA) is 47.3 Å². The smallest absolute Gasteiger partial charge is 0.0991 e. The summed E-state index contributed by atoms with van der Waals surface area (Å²) >= 11 is 0. The monoisotopic (exact) mass is 246 g/mol. The highest BCUT2D eigenvalue weighted by atomic mass is 16.3. The van der Waals surface area contributed by atoms with Crippen LogP contribution in [0.25, 0.3) is 0 Å². The molecule has 0 spiro atoms. The second-order valence-electron chi connectivity index (χ2n) is 4.89. The van der Waals surface area contributed by atoms with Gasteiger partial charge in [-0.3, -0.25) is 4.90 Å². The largest absolute Gasteiger partial charge is 0.396 e. The Kier molecular flexibility index (Phi) is 5.84. The van der Waals surface area contributed by atoms with Crippen molar-refractivity contribution in [2.24, 2.45) is 0 Å². The first-order valence-electron chi connectivity index (χ1n) is 6.43. The van der Waals surface area contributed by atoms with Crippen molar-refractivity contribution < 1.29 is 5.11 Å². The molecule has 0 fully saturated rings. The van der Waals surface area contributed by atoms with Crippen molar-refractivity contribution >= 4 is 0 Å². The Balaban J connectivity index is 2.78. The van der Waals surface area contributed by atoms with Crippen molar-refractivity contribution in [2.45, 2.75) is 39.8 Å². The molecule has 0 atom stereocenters. The lowest BCUT2D eigenvalue weighted by Gasteiger charge is -2.27. The summed E-state index contributed by atoms with van der Waals surface area (Å²) in [5, 5.41) is 17.8. The van der Waals surface area contributed by atoms with Crippen LogP contribution in [0.4, 0.5) is 0 Å². The summed E-state index contributed by atoms with van der Waals surface area (Å²) in [5.74, 6) is 0. The van der Waals surface area contributed by atoms with Gasteiger partial charge in [0.1, 0.15) is 0 Å². The van der Waals surface area contributed by atoms with Gasteiger partial charge in [-0.1, -0.05) is 6.07 Å². The molecular formula is C15H22N2O. The van der Waals surface area contributed by atoms with Crippen LogP contribution in [0.15, 0.2) is 18.2 Å². The average Bonchev–Trinajstić information content (AvgIpc) is 2.35. The zero-order valence-electron chi connectivity index (χ0n) is 11.5. The summed E-state index contributed by atoms with van der Waals surface area (Å²) in [4.78, 5) is 2.34. The summed E-state index contributed by atoms with van der Waals surface area (Å²) in [6.45, 7) is 8.37. The molecule has 1 aromatic carbocycles. The molecule has 0 unspecified atom stereocenters. The Labute approximate surface area is 110 Å². The Morgan fingerprint density at radius 1 is 1.39 bits per heavy atom. The fourth-order valence-corrected chi connectivity index (χ4v) is 1.96. The second kappa shape index (κ2) is 7.15. The van der Waals surface area contributed by atoms with E-state index in [4.69, 9.17) is 10.4 Å². The number of nitrogens with zero attached hydrogens (tertiary/aromatic N) is 2. The number of benzene rings is 1. The fraction of sp³-hybridized carbons (Fsp3) is 0.533. The predicted octanol–water partition coefficient (Wildman–Crippen LogP) is 2.46. The summed E-state index contributed by atoms with van der Waals surface area (Å²) in [7, 11) is 0. The zero-order chi connectivity index (χ0) is 13.5. The molecule has 0 amide bonds. The lowest BCUT2D eigenvalue weighted by atomic mass is 10.0. The zero-order valence-corrected chi connectivity index (χ0v) is 11.5. The SMILES string of the molecule is Cc1cc(C#N)ccc1CN(CCCO)C(C)C. The number of hydrogen-bond acceptors (Lipinski definition) is 3. The quantitative estimate of drug-likeness (QED) is 0.838. The van der Waals surface area contributed by atoms with E-state index in [1.54, 1.807) is 0 Å². The Hall–Kier alpha value is -1.37. The second-order valence-corrected chi connectivity index (χ2v) is 4.89. The standard InChI is InChI=1S/C15H22N2O/c1-12(2)17(7-4-8-18)11-15-6-5-14(10-16)9-13(15)3/h5-6,9,12,18H,4,7-8,11H2,1-3H3. The molecule has 1 aromatic rings. The van der Waals surface area contributed by atoms with Gasteiger partial charge >= 0.3 is 0 Å². The molecule has 0 aliphatic carbocycles. The molecule has 0 aliphatic heterocycles. The van der Waals surface area contributed by atoms with E-state index in [1.807, 2.05) is 25.1 Å². The van der Waals surface area contributed by atoms with Gasteiger partial charge in [0.15, 0.2) is 0 Å². The number of hydrogen-bond donors (Lipinski definition) is 1. The highest BCUT2D eigenvalue weighted by Crippen LogP contribution is 2.15. The molecule has 0 aliphatic rings. The minimum atomic E-state index is 0.232. The van der Waals surface area contributed by atoms with Crippen LogP contribution in [0.1, 0.15) is 37.0 Å². The molecule has 0 saturated heterocycles. The van der Waals surface area contributed by atoms with E-state index in [0.29, 0.717) is 11.6 Å². The maximum atomic E-state index is 8.92. The van der Waals surface area contributed by atoms with E-state index < -0.39 is 0 Å². The van der Waals surface area contributed by atoms with Gasteiger partial charge in [0.25, 0.3) is 0 Å².